The van der Waals surface area contributed by atoms with Gasteiger partial charge in [-0.15, -0.1) is 0 Å². The lowest BCUT2D eigenvalue weighted by atomic mass is 10.1. The van der Waals surface area contributed by atoms with Crippen LogP contribution >= 0.6 is 0 Å². The van der Waals surface area contributed by atoms with Crippen molar-refractivity contribution in [1.29, 1.82) is 0 Å². The zero-order valence-corrected chi connectivity index (χ0v) is 11.9. The van der Waals surface area contributed by atoms with Crippen LogP contribution in [0.15, 0.2) is 24.4 Å². The van der Waals surface area contributed by atoms with Crippen LogP contribution in [-0.4, -0.2) is 17.4 Å². The fraction of sp³-hybridized carbons (Fsp3) is 0.438. The molecular formula is C16H22N2O. The summed E-state index contributed by atoms with van der Waals surface area (Å²) in [7, 11) is 0. The first-order valence-electron chi connectivity index (χ1n) is 6.96. The third-order valence-corrected chi connectivity index (χ3v) is 3.68. The third kappa shape index (κ3) is 3.16. The number of amides is 1. The van der Waals surface area contributed by atoms with E-state index in [2.05, 4.69) is 35.4 Å². The second-order valence-corrected chi connectivity index (χ2v) is 5.21. The molecule has 0 aliphatic heterocycles. The zero-order valence-electron chi connectivity index (χ0n) is 11.9. The first-order valence-corrected chi connectivity index (χ1v) is 6.96. The molecule has 1 amide bonds. The van der Waals surface area contributed by atoms with Crippen LogP contribution in [0.25, 0.3) is 10.9 Å². The average Bonchev–Trinajstić information content (AvgIpc) is 2.80. The molecule has 2 aromatic rings. The molecule has 1 aromatic carbocycles. The maximum Gasteiger partial charge on any atom is 0.222 e. The Labute approximate surface area is 114 Å². The van der Waals surface area contributed by atoms with Crippen molar-refractivity contribution in [3.8, 4) is 0 Å². The van der Waals surface area contributed by atoms with Crippen molar-refractivity contribution in [2.45, 2.75) is 33.6 Å². The molecule has 0 radical (unpaired) electrons. The Morgan fingerprint density at radius 3 is 2.95 bits per heavy atom. The summed E-state index contributed by atoms with van der Waals surface area (Å²) in [5.41, 5.74) is 3.69. The molecule has 0 saturated heterocycles. The summed E-state index contributed by atoms with van der Waals surface area (Å²) in [6.07, 6.45) is 3.79. The van der Waals surface area contributed by atoms with E-state index < -0.39 is 0 Å². The molecule has 0 spiro atoms. The number of aryl methyl sites for hydroxylation is 1. The van der Waals surface area contributed by atoms with Gasteiger partial charge < -0.3 is 10.3 Å². The minimum Gasteiger partial charge on any atom is -0.361 e. The van der Waals surface area contributed by atoms with Crippen LogP contribution < -0.4 is 5.32 Å². The second kappa shape index (κ2) is 5.91. The van der Waals surface area contributed by atoms with Crippen molar-refractivity contribution >= 4 is 16.8 Å². The van der Waals surface area contributed by atoms with Gasteiger partial charge in [0.2, 0.25) is 5.91 Å². The first kappa shape index (κ1) is 13.7. The fourth-order valence-electron chi connectivity index (χ4n) is 2.18. The van der Waals surface area contributed by atoms with Crippen molar-refractivity contribution in [3.63, 3.8) is 0 Å². The average molecular weight is 258 g/mol. The number of rotatable bonds is 5. The highest BCUT2D eigenvalue weighted by atomic mass is 16.1. The number of benzene rings is 1. The van der Waals surface area contributed by atoms with E-state index in [0.29, 0.717) is 6.54 Å². The number of aromatic nitrogens is 1. The summed E-state index contributed by atoms with van der Waals surface area (Å²) in [6, 6.07) is 6.40. The Balaban J connectivity index is 1.98. The van der Waals surface area contributed by atoms with Gasteiger partial charge in [-0.1, -0.05) is 25.5 Å². The molecule has 0 aliphatic rings. The van der Waals surface area contributed by atoms with E-state index >= 15 is 0 Å². The molecule has 0 fully saturated rings. The van der Waals surface area contributed by atoms with Crippen LogP contribution in [0, 0.1) is 12.8 Å². The number of H-pyrrole nitrogens is 1. The molecule has 0 bridgehead atoms. The maximum atomic E-state index is 11.7. The summed E-state index contributed by atoms with van der Waals surface area (Å²) >= 11 is 0. The van der Waals surface area contributed by atoms with Crippen LogP contribution in [0.5, 0.6) is 0 Å². The highest BCUT2D eigenvalue weighted by Gasteiger charge is 2.10. The third-order valence-electron chi connectivity index (χ3n) is 3.68. The monoisotopic (exact) mass is 258 g/mol. The summed E-state index contributed by atoms with van der Waals surface area (Å²) in [4.78, 5) is 15.0. The van der Waals surface area contributed by atoms with Crippen molar-refractivity contribution in [1.82, 2.24) is 10.3 Å². The van der Waals surface area contributed by atoms with Crippen LogP contribution in [0.4, 0.5) is 0 Å². The molecule has 1 atom stereocenters. The molecule has 1 aromatic heterocycles. The van der Waals surface area contributed by atoms with Gasteiger partial charge in [0.1, 0.15) is 0 Å². The number of nitrogens with one attached hydrogen (secondary N) is 2. The van der Waals surface area contributed by atoms with Gasteiger partial charge in [-0.05, 0) is 37.5 Å². The van der Waals surface area contributed by atoms with Gasteiger partial charge in [0.05, 0.1) is 0 Å². The topological polar surface area (TPSA) is 44.9 Å². The smallest absolute Gasteiger partial charge is 0.222 e. The molecule has 3 nitrogen and oxygen atoms in total. The normalized spacial score (nSPS) is 12.6. The van der Waals surface area contributed by atoms with Gasteiger partial charge in [-0.25, -0.2) is 0 Å². The molecule has 19 heavy (non-hydrogen) atoms. The van der Waals surface area contributed by atoms with Crippen molar-refractivity contribution in [3.05, 3.63) is 35.5 Å². The molecule has 0 saturated carbocycles. The lowest BCUT2D eigenvalue weighted by molar-refractivity contribution is -0.124. The number of aromatic amines is 1. The number of hydrogen-bond acceptors (Lipinski definition) is 1. The van der Waals surface area contributed by atoms with E-state index in [4.69, 9.17) is 0 Å². The van der Waals surface area contributed by atoms with Gasteiger partial charge in [-0.2, -0.15) is 0 Å². The zero-order chi connectivity index (χ0) is 13.8. The van der Waals surface area contributed by atoms with E-state index in [0.717, 1.165) is 18.4 Å². The van der Waals surface area contributed by atoms with E-state index in [9.17, 15) is 4.79 Å². The lowest BCUT2D eigenvalue weighted by Crippen LogP contribution is -2.30. The van der Waals surface area contributed by atoms with E-state index in [1.165, 1.54) is 16.5 Å². The van der Waals surface area contributed by atoms with Crippen molar-refractivity contribution in [2.24, 2.45) is 5.92 Å². The maximum absolute atomic E-state index is 11.7. The minimum atomic E-state index is 0.102. The molecular weight excluding hydrogens is 236 g/mol. The van der Waals surface area contributed by atoms with Crippen molar-refractivity contribution in [2.75, 3.05) is 6.54 Å². The molecule has 2 rings (SSSR count). The number of hydrogen-bond donors (Lipinski definition) is 2. The molecule has 1 heterocycles. The van der Waals surface area contributed by atoms with Gasteiger partial charge in [-0.3, -0.25) is 4.79 Å². The summed E-state index contributed by atoms with van der Waals surface area (Å²) in [5.74, 6) is 0.253. The van der Waals surface area contributed by atoms with E-state index in [1.807, 2.05) is 20.0 Å². The SMILES string of the molecule is CCC(C)C(=O)NCCc1c[nH]c2ccc(C)cc12. The number of fused-ring (bicyclic) bond motifs is 1. The van der Waals surface area contributed by atoms with Crippen LogP contribution in [-0.2, 0) is 11.2 Å². The molecule has 102 valence electrons. The van der Waals surface area contributed by atoms with Gasteiger partial charge in [0.25, 0.3) is 0 Å². The predicted molar refractivity (Wildman–Crippen MR) is 79.2 cm³/mol. The standard InChI is InChI=1S/C16H22N2O/c1-4-12(3)16(19)17-8-7-13-10-18-15-6-5-11(2)9-14(13)15/h5-6,9-10,12,18H,4,7-8H2,1-3H3,(H,17,19). The second-order valence-electron chi connectivity index (χ2n) is 5.21. The highest BCUT2D eigenvalue weighted by molar-refractivity contribution is 5.84. The molecule has 1 unspecified atom stereocenters. The largest absolute Gasteiger partial charge is 0.361 e. The Morgan fingerprint density at radius 2 is 2.21 bits per heavy atom. The Morgan fingerprint density at radius 1 is 1.42 bits per heavy atom. The van der Waals surface area contributed by atoms with Gasteiger partial charge in [0.15, 0.2) is 0 Å². The summed E-state index contributed by atoms with van der Waals surface area (Å²) in [5, 5.41) is 4.26. The molecule has 3 heteroatoms. The van der Waals surface area contributed by atoms with Crippen LogP contribution in [0.3, 0.4) is 0 Å². The van der Waals surface area contributed by atoms with Crippen LogP contribution in [0.2, 0.25) is 0 Å². The molecule has 0 aliphatic carbocycles. The van der Waals surface area contributed by atoms with E-state index in [-0.39, 0.29) is 11.8 Å². The van der Waals surface area contributed by atoms with E-state index in [1.54, 1.807) is 0 Å². The lowest BCUT2D eigenvalue weighted by Gasteiger charge is -2.09. The Hall–Kier alpha value is -1.77. The highest BCUT2D eigenvalue weighted by Crippen LogP contribution is 2.19. The number of carbonyl (C=O) groups excluding carboxylic acids is 1. The Kier molecular flexibility index (Phi) is 4.25. The quantitative estimate of drug-likeness (QED) is 0.850. The van der Waals surface area contributed by atoms with Gasteiger partial charge in [0, 0.05) is 29.6 Å². The minimum absolute atomic E-state index is 0.102. The summed E-state index contributed by atoms with van der Waals surface area (Å²) < 4.78 is 0. The summed E-state index contributed by atoms with van der Waals surface area (Å²) in [6.45, 7) is 6.79. The van der Waals surface area contributed by atoms with Gasteiger partial charge >= 0.3 is 0 Å². The first-order chi connectivity index (χ1) is 9.11. The fourth-order valence-corrected chi connectivity index (χ4v) is 2.18. The predicted octanol–water partition coefficient (Wildman–Crippen LogP) is 3.18. The Bertz CT molecular complexity index is 571. The number of carbonyl (C=O) groups is 1. The molecule has 2 N–H and O–H groups in total. The van der Waals surface area contributed by atoms with Crippen LogP contribution in [0.1, 0.15) is 31.4 Å². The van der Waals surface area contributed by atoms with Crippen molar-refractivity contribution < 1.29 is 4.79 Å².